The van der Waals surface area contributed by atoms with Crippen LogP contribution in [0.25, 0.3) is 11.3 Å². The van der Waals surface area contributed by atoms with Crippen molar-refractivity contribution in [2.24, 2.45) is 11.8 Å². The molecule has 0 aliphatic heterocycles. The molecule has 2 unspecified atom stereocenters. The van der Waals surface area contributed by atoms with Crippen LogP contribution in [0.2, 0.25) is 0 Å². The summed E-state index contributed by atoms with van der Waals surface area (Å²) in [7, 11) is -3.28. The lowest BCUT2D eigenvalue weighted by Crippen LogP contribution is -2.14. The highest BCUT2D eigenvalue weighted by Gasteiger charge is 2.39. The zero-order valence-corrected chi connectivity index (χ0v) is 14.4. The summed E-state index contributed by atoms with van der Waals surface area (Å²) < 4.78 is 24.8. The predicted octanol–water partition coefficient (Wildman–Crippen LogP) is 2.78. The van der Waals surface area contributed by atoms with Crippen LogP contribution in [0.5, 0.6) is 0 Å². The molecule has 23 heavy (non-hydrogen) atoms. The van der Waals surface area contributed by atoms with Gasteiger partial charge in [0.2, 0.25) is 15.9 Å². The number of nitrogens with one attached hydrogen (secondary N) is 2. The minimum atomic E-state index is -3.28. The van der Waals surface area contributed by atoms with E-state index < -0.39 is 10.0 Å². The lowest BCUT2D eigenvalue weighted by molar-refractivity contribution is -0.117. The van der Waals surface area contributed by atoms with Crippen molar-refractivity contribution in [2.75, 3.05) is 16.3 Å². The van der Waals surface area contributed by atoms with Crippen molar-refractivity contribution in [3.05, 3.63) is 29.6 Å². The SMILES string of the molecule is CC1CC1C(=O)Nc1nc(-c2ccc(NS(C)(=O)=O)cc2)cs1. The van der Waals surface area contributed by atoms with Gasteiger partial charge in [-0.25, -0.2) is 13.4 Å². The van der Waals surface area contributed by atoms with E-state index in [-0.39, 0.29) is 11.8 Å². The molecule has 2 N–H and O–H groups in total. The number of carbonyl (C=O) groups excluding carboxylic acids is 1. The van der Waals surface area contributed by atoms with E-state index in [4.69, 9.17) is 0 Å². The summed E-state index contributed by atoms with van der Waals surface area (Å²) in [6, 6.07) is 6.94. The summed E-state index contributed by atoms with van der Waals surface area (Å²) in [5.41, 5.74) is 2.11. The molecule has 0 saturated heterocycles. The first-order valence-electron chi connectivity index (χ1n) is 7.16. The number of rotatable bonds is 5. The number of aromatic nitrogens is 1. The van der Waals surface area contributed by atoms with Gasteiger partial charge in [0.15, 0.2) is 5.13 Å². The lowest BCUT2D eigenvalue weighted by Gasteiger charge is -2.04. The number of hydrogen-bond acceptors (Lipinski definition) is 5. The van der Waals surface area contributed by atoms with Crippen molar-refractivity contribution < 1.29 is 13.2 Å². The maximum atomic E-state index is 11.9. The zero-order valence-electron chi connectivity index (χ0n) is 12.7. The van der Waals surface area contributed by atoms with E-state index in [0.29, 0.717) is 16.7 Å². The summed E-state index contributed by atoms with van der Waals surface area (Å²) in [4.78, 5) is 16.3. The maximum absolute atomic E-state index is 11.9. The van der Waals surface area contributed by atoms with Gasteiger partial charge in [0.1, 0.15) is 0 Å². The van der Waals surface area contributed by atoms with E-state index in [9.17, 15) is 13.2 Å². The number of thiazole rings is 1. The monoisotopic (exact) mass is 351 g/mol. The molecule has 1 aromatic heterocycles. The molecule has 1 aromatic carbocycles. The molecule has 0 spiro atoms. The Hall–Kier alpha value is -1.93. The molecular formula is C15H17N3O3S2. The number of carbonyl (C=O) groups is 1. The van der Waals surface area contributed by atoms with Crippen molar-refractivity contribution in [3.63, 3.8) is 0 Å². The van der Waals surface area contributed by atoms with Crippen molar-refractivity contribution in [3.8, 4) is 11.3 Å². The normalized spacial score (nSPS) is 20.1. The van der Waals surface area contributed by atoms with Crippen molar-refractivity contribution in [1.82, 2.24) is 4.98 Å². The van der Waals surface area contributed by atoms with Crippen LogP contribution in [-0.2, 0) is 14.8 Å². The zero-order chi connectivity index (χ0) is 16.6. The summed E-state index contributed by atoms with van der Waals surface area (Å²) >= 11 is 1.38. The number of hydrogen-bond donors (Lipinski definition) is 2. The number of anilines is 2. The quantitative estimate of drug-likeness (QED) is 0.867. The van der Waals surface area contributed by atoms with Gasteiger partial charge in [0, 0.05) is 22.5 Å². The topological polar surface area (TPSA) is 88.2 Å². The van der Waals surface area contributed by atoms with Gasteiger partial charge in [-0.05, 0) is 24.5 Å². The largest absolute Gasteiger partial charge is 0.302 e. The molecule has 2 aromatic rings. The van der Waals surface area contributed by atoms with Crippen LogP contribution in [0.15, 0.2) is 29.6 Å². The van der Waals surface area contributed by atoms with Gasteiger partial charge in [-0.1, -0.05) is 19.1 Å². The second kappa shape index (κ2) is 5.93. The molecule has 1 aliphatic rings. The minimum Gasteiger partial charge on any atom is -0.302 e. The average Bonchev–Trinajstić information content (AvgIpc) is 3.02. The number of benzene rings is 1. The van der Waals surface area contributed by atoms with E-state index >= 15 is 0 Å². The lowest BCUT2D eigenvalue weighted by atomic mass is 10.1. The van der Waals surface area contributed by atoms with E-state index in [0.717, 1.165) is 23.9 Å². The summed E-state index contributed by atoms with van der Waals surface area (Å²) in [6.45, 7) is 2.06. The highest BCUT2D eigenvalue weighted by atomic mass is 32.2. The van der Waals surface area contributed by atoms with E-state index in [1.807, 2.05) is 5.38 Å². The average molecular weight is 351 g/mol. The highest BCUT2D eigenvalue weighted by molar-refractivity contribution is 7.92. The Kier molecular flexibility index (Phi) is 4.11. The van der Waals surface area contributed by atoms with Crippen LogP contribution in [0.4, 0.5) is 10.8 Å². The highest BCUT2D eigenvalue weighted by Crippen LogP contribution is 2.38. The number of nitrogens with zero attached hydrogens (tertiary/aromatic N) is 1. The van der Waals surface area contributed by atoms with Gasteiger partial charge >= 0.3 is 0 Å². The number of amides is 1. The Morgan fingerprint density at radius 1 is 1.30 bits per heavy atom. The molecule has 8 heteroatoms. The Bertz CT molecular complexity index is 828. The van der Waals surface area contributed by atoms with Crippen LogP contribution < -0.4 is 10.0 Å². The molecule has 6 nitrogen and oxygen atoms in total. The van der Waals surface area contributed by atoms with Gasteiger partial charge in [-0.3, -0.25) is 9.52 Å². The fraction of sp³-hybridized carbons (Fsp3) is 0.333. The first-order valence-corrected chi connectivity index (χ1v) is 9.93. The van der Waals surface area contributed by atoms with Gasteiger partial charge in [-0.2, -0.15) is 0 Å². The Labute approximate surface area is 139 Å². The molecule has 0 radical (unpaired) electrons. The summed E-state index contributed by atoms with van der Waals surface area (Å²) in [6.07, 6.45) is 2.05. The van der Waals surface area contributed by atoms with Crippen LogP contribution in [0, 0.1) is 11.8 Å². The third-order valence-electron chi connectivity index (χ3n) is 3.66. The van der Waals surface area contributed by atoms with Gasteiger partial charge in [0.25, 0.3) is 0 Å². The van der Waals surface area contributed by atoms with Gasteiger partial charge < -0.3 is 5.32 Å². The summed E-state index contributed by atoms with van der Waals surface area (Å²) in [5.74, 6) is 0.610. The minimum absolute atomic E-state index is 0.0334. The van der Waals surface area contributed by atoms with E-state index in [2.05, 4.69) is 21.9 Å². The van der Waals surface area contributed by atoms with Crippen LogP contribution in [0.1, 0.15) is 13.3 Å². The molecular weight excluding hydrogens is 334 g/mol. The van der Waals surface area contributed by atoms with Crippen molar-refractivity contribution >= 4 is 38.1 Å². The second-order valence-electron chi connectivity index (χ2n) is 5.80. The van der Waals surface area contributed by atoms with Crippen LogP contribution >= 0.6 is 11.3 Å². The van der Waals surface area contributed by atoms with Crippen molar-refractivity contribution in [1.29, 1.82) is 0 Å². The third kappa shape index (κ3) is 4.08. The molecule has 2 atom stereocenters. The van der Waals surface area contributed by atoms with Gasteiger partial charge in [0.05, 0.1) is 11.9 Å². The smallest absolute Gasteiger partial charge is 0.229 e. The predicted molar refractivity (Wildman–Crippen MR) is 91.9 cm³/mol. The molecule has 1 aliphatic carbocycles. The molecule has 1 fully saturated rings. The molecule has 0 bridgehead atoms. The Morgan fingerprint density at radius 3 is 2.52 bits per heavy atom. The second-order valence-corrected chi connectivity index (χ2v) is 8.40. The molecule has 1 heterocycles. The fourth-order valence-electron chi connectivity index (χ4n) is 2.27. The van der Waals surface area contributed by atoms with E-state index in [1.165, 1.54) is 11.3 Å². The Morgan fingerprint density at radius 2 is 1.96 bits per heavy atom. The van der Waals surface area contributed by atoms with Gasteiger partial charge in [-0.15, -0.1) is 11.3 Å². The first-order chi connectivity index (χ1) is 10.8. The molecule has 122 valence electrons. The molecule has 1 amide bonds. The number of sulfonamides is 1. The van der Waals surface area contributed by atoms with E-state index in [1.54, 1.807) is 24.3 Å². The molecule has 1 saturated carbocycles. The van der Waals surface area contributed by atoms with Crippen LogP contribution in [0.3, 0.4) is 0 Å². The third-order valence-corrected chi connectivity index (χ3v) is 5.03. The standard InChI is InChI=1S/C15H17N3O3S2/c1-9-7-12(9)14(19)17-15-16-13(8-22-15)10-3-5-11(6-4-10)18-23(2,20)21/h3-6,8-9,12,18H,7H2,1-2H3,(H,16,17,19). The van der Waals surface area contributed by atoms with Crippen molar-refractivity contribution in [2.45, 2.75) is 13.3 Å². The Balaban J connectivity index is 1.69. The first kappa shape index (κ1) is 15.9. The fourth-order valence-corrected chi connectivity index (χ4v) is 3.56. The van der Waals surface area contributed by atoms with Crippen LogP contribution in [-0.4, -0.2) is 25.6 Å². The molecule has 3 rings (SSSR count). The maximum Gasteiger partial charge on any atom is 0.229 e. The summed E-state index contributed by atoms with van der Waals surface area (Å²) in [5, 5.41) is 5.30.